The van der Waals surface area contributed by atoms with Crippen molar-refractivity contribution in [1.29, 1.82) is 0 Å². The molecule has 3 N–H and O–H groups in total. The molecule has 0 aliphatic heterocycles. The van der Waals surface area contributed by atoms with Gasteiger partial charge in [-0.2, -0.15) is 0 Å². The lowest BCUT2D eigenvalue weighted by molar-refractivity contribution is -0.125. The van der Waals surface area contributed by atoms with Gasteiger partial charge < -0.3 is 11.1 Å². The van der Waals surface area contributed by atoms with Gasteiger partial charge in [0, 0.05) is 31.3 Å². The van der Waals surface area contributed by atoms with Crippen LogP contribution in [0.1, 0.15) is 46.0 Å². The first-order valence-electron chi connectivity index (χ1n) is 6.80. The predicted molar refractivity (Wildman–Crippen MR) is 67.3 cm³/mol. The molecule has 18 heavy (non-hydrogen) atoms. The maximum Gasteiger partial charge on any atom is 0.248 e. The molecule has 1 saturated carbocycles. The highest BCUT2D eigenvalue weighted by Crippen LogP contribution is 2.38. The zero-order valence-corrected chi connectivity index (χ0v) is 11.2. The molecule has 5 heteroatoms. The van der Waals surface area contributed by atoms with Crippen molar-refractivity contribution < 1.29 is 13.6 Å². The van der Waals surface area contributed by atoms with Crippen LogP contribution in [-0.4, -0.2) is 24.4 Å². The average molecular weight is 262 g/mol. The fraction of sp³-hybridized carbons (Fsp3) is 0.923. The number of hydrogen-bond acceptors (Lipinski definition) is 2. The Bertz CT molecular complexity index is 280. The molecule has 0 bridgehead atoms. The first kappa shape index (κ1) is 15.3. The molecule has 0 aromatic heterocycles. The van der Waals surface area contributed by atoms with Gasteiger partial charge >= 0.3 is 0 Å². The van der Waals surface area contributed by atoms with E-state index in [1.54, 1.807) is 0 Å². The third-order valence-electron chi connectivity index (χ3n) is 3.94. The largest absolute Gasteiger partial charge is 0.354 e. The van der Waals surface area contributed by atoms with E-state index >= 15 is 0 Å². The summed E-state index contributed by atoms with van der Waals surface area (Å²) in [6.45, 7) is 4.51. The van der Waals surface area contributed by atoms with Gasteiger partial charge in [0.25, 0.3) is 0 Å². The zero-order chi connectivity index (χ0) is 13.8. The number of nitrogens with one attached hydrogen (secondary N) is 1. The highest BCUT2D eigenvalue weighted by Gasteiger charge is 2.42. The minimum Gasteiger partial charge on any atom is -0.354 e. The quantitative estimate of drug-likeness (QED) is 0.771. The number of nitrogens with two attached hydrogens (primary N) is 1. The van der Waals surface area contributed by atoms with Gasteiger partial charge in [0.05, 0.1) is 0 Å². The van der Waals surface area contributed by atoms with Gasteiger partial charge in [0.2, 0.25) is 11.8 Å². The Balaban J connectivity index is 2.33. The molecule has 0 heterocycles. The molecule has 2 atom stereocenters. The minimum atomic E-state index is -2.67. The first-order valence-corrected chi connectivity index (χ1v) is 6.80. The molecule has 0 radical (unpaired) electrons. The van der Waals surface area contributed by atoms with Gasteiger partial charge in [-0.15, -0.1) is 0 Å². The van der Waals surface area contributed by atoms with Crippen LogP contribution in [0.2, 0.25) is 0 Å². The van der Waals surface area contributed by atoms with Crippen LogP contribution in [0.25, 0.3) is 0 Å². The van der Waals surface area contributed by atoms with E-state index in [4.69, 9.17) is 5.73 Å². The zero-order valence-electron chi connectivity index (χ0n) is 11.2. The number of halogens is 2. The number of amides is 1. The lowest BCUT2D eigenvalue weighted by Gasteiger charge is -2.22. The van der Waals surface area contributed by atoms with Crippen molar-refractivity contribution >= 4 is 5.91 Å². The summed E-state index contributed by atoms with van der Waals surface area (Å²) >= 11 is 0. The minimum absolute atomic E-state index is 0.0918. The number of rotatable bonds is 6. The fourth-order valence-corrected chi connectivity index (χ4v) is 2.60. The van der Waals surface area contributed by atoms with Gasteiger partial charge in [-0.25, -0.2) is 8.78 Å². The van der Waals surface area contributed by atoms with Crippen molar-refractivity contribution in [2.75, 3.05) is 6.54 Å². The molecule has 106 valence electrons. The first-order chi connectivity index (χ1) is 8.39. The molecule has 2 unspecified atom stereocenters. The van der Waals surface area contributed by atoms with Crippen LogP contribution in [0.5, 0.6) is 0 Å². The van der Waals surface area contributed by atoms with Crippen molar-refractivity contribution in [2.45, 2.75) is 57.9 Å². The molecule has 3 nitrogen and oxygen atoms in total. The van der Waals surface area contributed by atoms with E-state index in [1.807, 2.05) is 0 Å². The van der Waals surface area contributed by atoms with E-state index in [0.29, 0.717) is 12.5 Å². The monoisotopic (exact) mass is 262 g/mol. The van der Waals surface area contributed by atoms with Crippen LogP contribution in [0.4, 0.5) is 8.78 Å². The summed E-state index contributed by atoms with van der Waals surface area (Å²) in [5.74, 6) is -3.11. The Kier molecular flexibility index (Phi) is 5.50. The molecule has 1 aliphatic rings. The second-order valence-corrected chi connectivity index (χ2v) is 5.28. The van der Waals surface area contributed by atoms with Gasteiger partial charge in [-0.1, -0.05) is 26.7 Å². The van der Waals surface area contributed by atoms with Crippen molar-refractivity contribution in [3.05, 3.63) is 0 Å². The number of hydrogen-bond donors (Lipinski definition) is 2. The second-order valence-electron chi connectivity index (χ2n) is 5.28. The third kappa shape index (κ3) is 4.19. The lowest BCUT2D eigenvalue weighted by atomic mass is 9.94. The Morgan fingerprint density at radius 1 is 1.44 bits per heavy atom. The van der Waals surface area contributed by atoms with Crippen molar-refractivity contribution in [3.8, 4) is 0 Å². The molecule has 1 aliphatic carbocycles. The Morgan fingerprint density at radius 3 is 2.50 bits per heavy atom. The SMILES string of the molecule is CCC(CC)C(N)CNC(=O)C1CCC(F)(F)C1. The Labute approximate surface area is 107 Å². The van der Waals surface area contributed by atoms with E-state index in [2.05, 4.69) is 19.2 Å². The standard InChI is InChI=1S/C13H24F2N2O/c1-3-9(4-2)11(16)8-17-12(18)10-5-6-13(14,15)7-10/h9-11H,3-8,16H2,1-2H3,(H,17,18). The summed E-state index contributed by atoms with van der Waals surface area (Å²) in [5.41, 5.74) is 5.98. The van der Waals surface area contributed by atoms with Gasteiger partial charge in [0.1, 0.15) is 0 Å². The third-order valence-corrected chi connectivity index (χ3v) is 3.94. The molecule has 1 amide bonds. The van der Waals surface area contributed by atoms with E-state index in [0.717, 1.165) is 12.8 Å². The van der Waals surface area contributed by atoms with Crippen LogP contribution in [-0.2, 0) is 4.79 Å². The predicted octanol–water partition coefficient (Wildman–Crippen LogP) is 2.30. The molecule has 0 aromatic carbocycles. The van der Waals surface area contributed by atoms with Crippen LogP contribution in [0.3, 0.4) is 0 Å². The average Bonchev–Trinajstić information content (AvgIpc) is 2.68. The summed E-state index contributed by atoms with van der Waals surface area (Å²) in [6, 6.07) is -0.0918. The molecule has 1 fully saturated rings. The van der Waals surface area contributed by atoms with Gasteiger partial charge in [0.15, 0.2) is 0 Å². The van der Waals surface area contributed by atoms with E-state index in [-0.39, 0.29) is 31.2 Å². The molecule has 1 rings (SSSR count). The summed E-state index contributed by atoms with van der Waals surface area (Å²) in [5, 5.41) is 2.71. The number of carbonyl (C=O) groups excluding carboxylic acids is 1. The normalized spacial score (nSPS) is 24.2. The maximum absolute atomic E-state index is 13.0. The fourth-order valence-electron chi connectivity index (χ4n) is 2.60. The summed E-state index contributed by atoms with van der Waals surface area (Å²) in [4.78, 5) is 11.7. The van der Waals surface area contributed by atoms with Crippen molar-refractivity contribution in [1.82, 2.24) is 5.32 Å². The topological polar surface area (TPSA) is 55.1 Å². The Morgan fingerprint density at radius 2 is 2.06 bits per heavy atom. The van der Waals surface area contributed by atoms with Gasteiger partial charge in [-0.05, 0) is 12.3 Å². The van der Waals surface area contributed by atoms with Crippen molar-refractivity contribution in [2.24, 2.45) is 17.6 Å². The summed E-state index contributed by atoms with van der Waals surface area (Å²) in [7, 11) is 0. The van der Waals surface area contributed by atoms with Crippen LogP contribution in [0, 0.1) is 11.8 Å². The second kappa shape index (κ2) is 6.45. The van der Waals surface area contributed by atoms with Crippen LogP contribution in [0.15, 0.2) is 0 Å². The van der Waals surface area contributed by atoms with Crippen molar-refractivity contribution in [3.63, 3.8) is 0 Å². The van der Waals surface area contributed by atoms with E-state index < -0.39 is 11.8 Å². The maximum atomic E-state index is 13.0. The van der Waals surface area contributed by atoms with Crippen LogP contribution < -0.4 is 11.1 Å². The molecule has 0 spiro atoms. The highest BCUT2D eigenvalue weighted by molar-refractivity contribution is 5.79. The molecule has 0 saturated heterocycles. The van der Waals surface area contributed by atoms with E-state index in [9.17, 15) is 13.6 Å². The highest BCUT2D eigenvalue weighted by atomic mass is 19.3. The molecular formula is C13H24F2N2O. The smallest absolute Gasteiger partial charge is 0.248 e. The van der Waals surface area contributed by atoms with E-state index in [1.165, 1.54) is 0 Å². The summed E-state index contributed by atoms with van der Waals surface area (Å²) < 4.78 is 26.0. The summed E-state index contributed by atoms with van der Waals surface area (Å²) in [6.07, 6.45) is 1.71. The number of carbonyl (C=O) groups is 1. The van der Waals surface area contributed by atoms with Gasteiger partial charge in [-0.3, -0.25) is 4.79 Å². The Hall–Kier alpha value is -0.710. The molecule has 0 aromatic rings. The number of alkyl halides is 2. The molecular weight excluding hydrogens is 238 g/mol. The van der Waals surface area contributed by atoms with Crippen LogP contribution >= 0.6 is 0 Å². The lowest BCUT2D eigenvalue weighted by Crippen LogP contribution is -2.43.